The van der Waals surface area contributed by atoms with Crippen molar-refractivity contribution in [2.45, 2.75) is 40.0 Å². The Kier molecular flexibility index (Phi) is 6.58. The predicted octanol–water partition coefficient (Wildman–Crippen LogP) is 15.2. The molecule has 0 radical (unpaired) electrons. The largest absolute Gasteiger partial charge is 0.416 e. The molecule has 0 bridgehead atoms. The molecule has 6 heteroatoms. The smallest absolute Gasteiger partial charge is 0.166 e. The molecule has 0 saturated carbocycles. The fraction of sp³-hybridized carbons (Fsp3) is 0.125. The number of aryl methyl sites for hydroxylation is 4. The number of fused-ring (bicyclic) bond motifs is 9. The van der Waals surface area contributed by atoms with Gasteiger partial charge < -0.3 is 0 Å². The molecule has 10 rings (SSSR count). The monoisotopic (exact) mass is 720 g/mol. The third kappa shape index (κ3) is 4.65. The number of rotatable bonds is 2. The van der Waals surface area contributed by atoms with Gasteiger partial charge in [-0.05, 0) is 184 Å². The van der Waals surface area contributed by atoms with E-state index >= 15 is 0 Å². The lowest BCUT2D eigenvalue weighted by Gasteiger charge is -2.15. The molecule has 0 aromatic heterocycles. The van der Waals surface area contributed by atoms with E-state index in [0.717, 1.165) is 133 Å². The van der Waals surface area contributed by atoms with Crippen LogP contribution in [-0.4, -0.2) is 0 Å². The van der Waals surface area contributed by atoms with Crippen molar-refractivity contribution in [2.75, 3.05) is 0 Å². The van der Waals surface area contributed by atoms with Gasteiger partial charge in [0.2, 0.25) is 0 Å². The van der Waals surface area contributed by atoms with Gasteiger partial charge in [-0.25, -0.2) is 0 Å². The standard InChI is InChI=1S/C48H30F6/c1-23-13-29-15-25(3)19-39-41(29)37(17-23)43-33(27-5-9-31(10-6-27)47(49,50)51)21-36-35(45(39)43)22-34(28-7-11-32(12-8-28)48(52,53)54)44-38-18-24(2)14-30-16-26(4)20-40(42(30)38)46(36)44/h5-22H,1-4H3. The molecule has 0 heterocycles. The molecule has 0 fully saturated rings. The second-order valence-electron chi connectivity index (χ2n) is 15.0. The molecule has 0 amide bonds. The zero-order valence-electron chi connectivity index (χ0n) is 29.7. The minimum absolute atomic E-state index is 0.668. The molecule has 264 valence electrons. The molecule has 10 aromatic rings. The van der Waals surface area contributed by atoms with Crippen molar-refractivity contribution in [1.82, 2.24) is 0 Å². The summed E-state index contributed by atoms with van der Waals surface area (Å²) < 4.78 is 82.9. The Morgan fingerprint density at radius 3 is 0.907 bits per heavy atom. The Hall–Kier alpha value is -5.88. The van der Waals surface area contributed by atoms with E-state index in [1.54, 1.807) is 24.3 Å². The fourth-order valence-electron chi connectivity index (χ4n) is 9.21. The van der Waals surface area contributed by atoms with Crippen molar-refractivity contribution in [3.05, 3.63) is 143 Å². The van der Waals surface area contributed by atoms with Crippen LogP contribution in [-0.2, 0) is 12.4 Å². The number of hydrogen-bond donors (Lipinski definition) is 0. The van der Waals surface area contributed by atoms with Crippen molar-refractivity contribution in [1.29, 1.82) is 0 Å². The summed E-state index contributed by atoms with van der Waals surface area (Å²) >= 11 is 0. The van der Waals surface area contributed by atoms with Crippen LogP contribution in [0.25, 0.3) is 97.7 Å². The van der Waals surface area contributed by atoms with Crippen LogP contribution in [0.1, 0.15) is 33.4 Å². The molecule has 0 aliphatic carbocycles. The number of alkyl halides is 6. The molecule has 0 atom stereocenters. The molecule has 0 aliphatic rings. The van der Waals surface area contributed by atoms with Crippen LogP contribution in [0.3, 0.4) is 0 Å². The highest BCUT2D eigenvalue weighted by atomic mass is 19.4. The van der Waals surface area contributed by atoms with E-state index in [-0.39, 0.29) is 0 Å². The summed E-state index contributed by atoms with van der Waals surface area (Å²) in [6.45, 7) is 8.22. The molecule has 0 nitrogen and oxygen atoms in total. The van der Waals surface area contributed by atoms with E-state index < -0.39 is 23.5 Å². The lowest BCUT2D eigenvalue weighted by molar-refractivity contribution is -0.138. The maximum absolute atomic E-state index is 13.8. The van der Waals surface area contributed by atoms with Crippen molar-refractivity contribution in [2.24, 2.45) is 0 Å². The van der Waals surface area contributed by atoms with Crippen LogP contribution < -0.4 is 0 Å². The fourth-order valence-corrected chi connectivity index (χ4v) is 9.21. The highest BCUT2D eigenvalue weighted by Crippen LogP contribution is 2.53. The zero-order chi connectivity index (χ0) is 37.6. The first-order valence-electron chi connectivity index (χ1n) is 17.8. The highest BCUT2D eigenvalue weighted by Gasteiger charge is 2.32. The summed E-state index contributed by atoms with van der Waals surface area (Å²) in [5, 5.41) is 14.1. The van der Waals surface area contributed by atoms with Crippen LogP contribution in [0.2, 0.25) is 0 Å². The van der Waals surface area contributed by atoms with Crippen molar-refractivity contribution in [3.8, 4) is 22.3 Å². The van der Waals surface area contributed by atoms with Crippen molar-refractivity contribution in [3.63, 3.8) is 0 Å². The predicted molar refractivity (Wildman–Crippen MR) is 211 cm³/mol. The Balaban J connectivity index is 1.48. The topological polar surface area (TPSA) is 0 Å². The lowest BCUT2D eigenvalue weighted by Crippen LogP contribution is -2.04. The van der Waals surface area contributed by atoms with Gasteiger partial charge >= 0.3 is 12.4 Å². The minimum Gasteiger partial charge on any atom is -0.166 e. The SMILES string of the molecule is Cc1cc2cc(C)cc3c2c(c1)c1c(-c2ccc(C(F)(F)F)cc2)cc2c(cc(-c4ccc(C(F)(F)F)cc4)c4c5cc(C)cc6cc(C)cc(c65)c24)c31. The molecule has 10 aromatic carbocycles. The van der Waals surface area contributed by atoms with Crippen molar-refractivity contribution < 1.29 is 26.3 Å². The second kappa shape index (κ2) is 10.8. The first-order chi connectivity index (χ1) is 25.7. The minimum atomic E-state index is -4.48. The zero-order valence-corrected chi connectivity index (χ0v) is 29.7. The van der Waals surface area contributed by atoms with Gasteiger partial charge in [0, 0.05) is 0 Å². The molecule has 0 unspecified atom stereocenters. The third-order valence-corrected chi connectivity index (χ3v) is 11.2. The van der Waals surface area contributed by atoms with E-state index in [4.69, 9.17) is 0 Å². The van der Waals surface area contributed by atoms with E-state index in [0.29, 0.717) is 11.1 Å². The molecule has 0 aliphatic heterocycles. The van der Waals surface area contributed by atoms with E-state index in [1.165, 1.54) is 0 Å². The first kappa shape index (κ1) is 32.7. The van der Waals surface area contributed by atoms with Gasteiger partial charge in [-0.15, -0.1) is 0 Å². The second-order valence-corrected chi connectivity index (χ2v) is 15.0. The summed E-state index contributed by atoms with van der Waals surface area (Å²) in [7, 11) is 0. The highest BCUT2D eigenvalue weighted by molar-refractivity contribution is 6.44. The summed E-state index contributed by atoms with van der Waals surface area (Å²) in [5.74, 6) is 0. The van der Waals surface area contributed by atoms with Gasteiger partial charge in [0.05, 0.1) is 11.1 Å². The Labute approximate surface area is 305 Å². The molecule has 0 saturated heterocycles. The average molecular weight is 721 g/mol. The van der Waals surface area contributed by atoms with Crippen LogP contribution in [0.15, 0.2) is 109 Å². The Morgan fingerprint density at radius 2 is 0.611 bits per heavy atom. The molecule has 54 heavy (non-hydrogen) atoms. The third-order valence-electron chi connectivity index (χ3n) is 11.2. The normalized spacial score (nSPS) is 13.0. The summed E-state index contributed by atoms with van der Waals surface area (Å²) in [4.78, 5) is 0. The van der Waals surface area contributed by atoms with Crippen molar-refractivity contribution >= 4 is 75.4 Å². The van der Waals surface area contributed by atoms with Gasteiger partial charge in [0.15, 0.2) is 0 Å². The number of halogens is 6. The van der Waals surface area contributed by atoms with Gasteiger partial charge in [-0.3, -0.25) is 0 Å². The maximum atomic E-state index is 13.8. The first-order valence-corrected chi connectivity index (χ1v) is 17.8. The lowest BCUT2D eigenvalue weighted by atomic mass is 9.88. The Morgan fingerprint density at radius 1 is 0.315 bits per heavy atom. The molecule has 0 spiro atoms. The van der Waals surface area contributed by atoms with Crippen LogP contribution in [0.5, 0.6) is 0 Å². The van der Waals surface area contributed by atoms with E-state index in [2.05, 4.69) is 74.5 Å². The molecular weight excluding hydrogens is 691 g/mol. The van der Waals surface area contributed by atoms with Crippen LogP contribution >= 0.6 is 0 Å². The summed E-state index contributed by atoms with van der Waals surface area (Å²) in [6.07, 6.45) is -8.95. The summed E-state index contributed by atoms with van der Waals surface area (Å²) in [5.41, 5.74) is 5.83. The number of benzene rings is 8. The van der Waals surface area contributed by atoms with Gasteiger partial charge in [0.1, 0.15) is 0 Å². The van der Waals surface area contributed by atoms with Gasteiger partial charge in [-0.2, -0.15) is 26.3 Å². The van der Waals surface area contributed by atoms with Gasteiger partial charge in [0.25, 0.3) is 0 Å². The quantitative estimate of drug-likeness (QED) is 0.156. The molecule has 0 N–H and O–H groups in total. The Bertz CT molecular complexity index is 2950. The summed E-state index contributed by atoms with van der Waals surface area (Å²) in [6, 6.07) is 32.4. The van der Waals surface area contributed by atoms with Crippen LogP contribution in [0, 0.1) is 27.7 Å². The van der Waals surface area contributed by atoms with E-state index in [9.17, 15) is 26.3 Å². The van der Waals surface area contributed by atoms with E-state index in [1.807, 2.05) is 13.8 Å². The van der Waals surface area contributed by atoms with Gasteiger partial charge in [-0.1, -0.05) is 72.8 Å². The average Bonchev–Trinajstić information content (AvgIpc) is 3.60. The number of hydrogen-bond acceptors (Lipinski definition) is 0. The maximum Gasteiger partial charge on any atom is 0.416 e. The molecular formula is C48H30F6. The van der Waals surface area contributed by atoms with Crippen LogP contribution in [0.4, 0.5) is 26.3 Å².